The first-order chi connectivity index (χ1) is 6.52. The van der Waals surface area contributed by atoms with Gasteiger partial charge in [0.05, 0.1) is 5.69 Å². The second-order valence-corrected chi connectivity index (χ2v) is 3.26. The summed E-state index contributed by atoms with van der Waals surface area (Å²) in [5.74, 6) is -0.154. The molecule has 0 aliphatic carbocycles. The molecule has 0 unspecified atom stereocenters. The maximum atomic E-state index is 11.0. The van der Waals surface area contributed by atoms with E-state index in [1.54, 1.807) is 17.7 Å². The second-order valence-electron chi connectivity index (χ2n) is 3.26. The zero-order valence-corrected chi connectivity index (χ0v) is 8.28. The summed E-state index contributed by atoms with van der Waals surface area (Å²) in [6, 6.07) is 1.29. The summed E-state index contributed by atoms with van der Waals surface area (Å²) >= 11 is 0. The quantitative estimate of drug-likeness (QED) is 0.777. The second kappa shape index (κ2) is 4.09. The van der Waals surface area contributed by atoms with Crippen LogP contribution < -0.4 is 5.43 Å². The fourth-order valence-corrected chi connectivity index (χ4v) is 1.18. The van der Waals surface area contributed by atoms with Crippen molar-refractivity contribution in [2.45, 2.75) is 26.8 Å². The normalized spacial score (nSPS) is 10.1. The molecule has 1 aromatic rings. The first kappa shape index (κ1) is 10.5. The molecule has 1 aromatic heterocycles. The van der Waals surface area contributed by atoms with E-state index in [1.165, 1.54) is 13.0 Å². The molecule has 0 radical (unpaired) electrons. The van der Waals surface area contributed by atoms with Crippen LogP contribution in [-0.2, 0) is 11.3 Å². The molecule has 0 fully saturated rings. The summed E-state index contributed by atoms with van der Waals surface area (Å²) in [4.78, 5) is 21.7. The average molecular weight is 195 g/mol. The minimum atomic E-state index is -0.387. The molecule has 76 valence electrons. The van der Waals surface area contributed by atoms with Crippen LogP contribution in [0, 0.1) is 6.92 Å². The summed E-state index contributed by atoms with van der Waals surface area (Å²) in [6.07, 6.45) is 1.99. The highest BCUT2D eigenvalue weighted by atomic mass is 16.3. The third kappa shape index (κ3) is 2.22. The number of pyridine rings is 1. The van der Waals surface area contributed by atoms with Gasteiger partial charge in [0.2, 0.25) is 5.43 Å². The Morgan fingerprint density at radius 3 is 2.79 bits per heavy atom. The Hall–Kier alpha value is -1.58. The lowest BCUT2D eigenvalue weighted by Crippen LogP contribution is -2.11. The number of hydrogen-bond donors (Lipinski definition) is 1. The van der Waals surface area contributed by atoms with Gasteiger partial charge in [-0.05, 0) is 13.8 Å². The molecule has 1 rings (SSSR count). The SMILES string of the molecule is CC(=O)CCn1ccc(=O)c(O)c1C. The largest absolute Gasteiger partial charge is 0.503 e. The van der Waals surface area contributed by atoms with Gasteiger partial charge in [0.1, 0.15) is 5.78 Å². The van der Waals surface area contributed by atoms with Gasteiger partial charge in [0.15, 0.2) is 5.75 Å². The van der Waals surface area contributed by atoms with E-state index in [0.717, 1.165) is 0 Å². The lowest BCUT2D eigenvalue weighted by Gasteiger charge is -2.09. The van der Waals surface area contributed by atoms with Crippen LogP contribution >= 0.6 is 0 Å². The Morgan fingerprint density at radius 1 is 1.57 bits per heavy atom. The molecule has 14 heavy (non-hydrogen) atoms. The lowest BCUT2D eigenvalue weighted by molar-refractivity contribution is -0.117. The number of nitrogens with zero attached hydrogens (tertiary/aromatic N) is 1. The Labute approximate surface area is 81.8 Å². The summed E-state index contributed by atoms with van der Waals surface area (Å²) < 4.78 is 1.69. The van der Waals surface area contributed by atoms with Gasteiger partial charge < -0.3 is 9.67 Å². The molecule has 1 N–H and O–H groups in total. The van der Waals surface area contributed by atoms with Crippen molar-refractivity contribution < 1.29 is 9.90 Å². The highest BCUT2D eigenvalue weighted by Crippen LogP contribution is 2.09. The maximum Gasteiger partial charge on any atom is 0.223 e. The monoisotopic (exact) mass is 195 g/mol. The Balaban J connectivity index is 2.94. The number of aromatic hydroxyl groups is 1. The Morgan fingerprint density at radius 2 is 2.21 bits per heavy atom. The van der Waals surface area contributed by atoms with Crippen LogP contribution in [0.15, 0.2) is 17.1 Å². The predicted molar refractivity (Wildman–Crippen MR) is 52.4 cm³/mol. The topological polar surface area (TPSA) is 59.3 Å². The molecule has 0 spiro atoms. The van der Waals surface area contributed by atoms with Crippen molar-refractivity contribution in [3.8, 4) is 5.75 Å². The number of carbonyl (C=O) groups is 1. The van der Waals surface area contributed by atoms with Crippen molar-refractivity contribution >= 4 is 5.78 Å². The molecule has 0 bridgehead atoms. The van der Waals surface area contributed by atoms with Gasteiger partial charge in [-0.3, -0.25) is 9.59 Å². The fraction of sp³-hybridized carbons (Fsp3) is 0.400. The molecular weight excluding hydrogens is 182 g/mol. The van der Waals surface area contributed by atoms with Crippen LogP contribution in [0.25, 0.3) is 0 Å². The van der Waals surface area contributed by atoms with E-state index in [2.05, 4.69) is 0 Å². The van der Waals surface area contributed by atoms with Gasteiger partial charge in [0, 0.05) is 25.2 Å². The lowest BCUT2D eigenvalue weighted by atomic mass is 10.2. The van der Waals surface area contributed by atoms with Crippen molar-refractivity contribution in [3.63, 3.8) is 0 Å². The standard InChI is InChI=1S/C10H13NO3/c1-7(12)3-5-11-6-4-9(13)10(14)8(11)2/h4,6,14H,3,5H2,1-2H3. The number of rotatable bonds is 3. The smallest absolute Gasteiger partial charge is 0.223 e. The molecule has 1 heterocycles. The first-order valence-corrected chi connectivity index (χ1v) is 4.41. The van der Waals surface area contributed by atoms with Crippen LogP contribution in [0.5, 0.6) is 5.75 Å². The zero-order valence-electron chi connectivity index (χ0n) is 8.28. The number of aryl methyl sites for hydroxylation is 1. The van der Waals surface area contributed by atoms with E-state index < -0.39 is 0 Å². The highest BCUT2D eigenvalue weighted by Gasteiger charge is 2.05. The minimum absolute atomic E-state index is 0.0857. The van der Waals surface area contributed by atoms with E-state index in [9.17, 15) is 14.7 Å². The van der Waals surface area contributed by atoms with Crippen LogP contribution in [0.4, 0.5) is 0 Å². The van der Waals surface area contributed by atoms with Crippen molar-refractivity contribution in [2.24, 2.45) is 0 Å². The molecule has 0 aliphatic heterocycles. The number of carbonyl (C=O) groups excluding carboxylic acids is 1. The molecule has 0 aromatic carbocycles. The van der Waals surface area contributed by atoms with Gasteiger partial charge in [-0.2, -0.15) is 0 Å². The molecule has 0 saturated carbocycles. The van der Waals surface area contributed by atoms with Gasteiger partial charge in [-0.25, -0.2) is 0 Å². The van der Waals surface area contributed by atoms with Crippen molar-refractivity contribution in [1.29, 1.82) is 0 Å². The van der Waals surface area contributed by atoms with Crippen LogP contribution in [0.3, 0.4) is 0 Å². The third-order valence-corrected chi connectivity index (χ3v) is 2.12. The van der Waals surface area contributed by atoms with E-state index in [-0.39, 0.29) is 17.0 Å². The van der Waals surface area contributed by atoms with E-state index in [1.807, 2.05) is 0 Å². The molecule has 4 heteroatoms. The van der Waals surface area contributed by atoms with E-state index >= 15 is 0 Å². The maximum absolute atomic E-state index is 11.0. The summed E-state index contributed by atoms with van der Waals surface area (Å²) in [7, 11) is 0. The van der Waals surface area contributed by atoms with Gasteiger partial charge >= 0.3 is 0 Å². The molecule has 0 aliphatic rings. The zero-order chi connectivity index (χ0) is 10.7. The van der Waals surface area contributed by atoms with Crippen LogP contribution in [0.2, 0.25) is 0 Å². The van der Waals surface area contributed by atoms with Gasteiger partial charge in [-0.1, -0.05) is 0 Å². The van der Waals surface area contributed by atoms with Crippen molar-refractivity contribution in [1.82, 2.24) is 4.57 Å². The molecule has 0 atom stereocenters. The Bertz CT molecular complexity index is 406. The summed E-state index contributed by atoms with van der Waals surface area (Å²) in [5, 5.41) is 9.33. The minimum Gasteiger partial charge on any atom is -0.503 e. The Kier molecular flexibility index (Phi) is 3.06. The summed E-state index contributed by atoms with van der Waals surface area (Å²) in [6.45, 7) is 3.66. The van der Waals surface area contributed by atoms with Gasteiger partial charge in [-0.15, -0.1) is 0 Å². The number of hydrogen-bond acceptors (Lipinski definition) is 3. The first-order valence-electron chi connectivity index (χ1n) is 4.41. The predicted octanol–water partition coefficient (Wildman–Crippen LogP) is 0.841. The molecule has 0 amide bonds. The number of ketones is 1. The van der Waals surface area contributed by atoms with Crippen LogP contribution in [0.1, 0.15) is 19.0 Å². The van der Waals surface area contributed by atoms with Crippen molar-refractivity contribution in [2.75, 3.05) is 0 Å². The average Bonchev–Trinajstić information content (AvgIpc) is 2.13. The van der Waals surface area contributed by atoms with E-state index in [4.69, 9.17) is 0 Å². The van der Waals surface area contributed by atoms with Crippen LogP contribution in [-0.4, -0.2) is 15.5 Å². The van der Waals surface area contributed by atoms with Gasteiger partial charge in [0.25, 0.3) is 0 Å². The molecule has 4 nitrogen and oxygen atoms in total. The van der Waals surface area contributed by atoms with E-state index in [0.29, 0.717) is 18.7 Å². The number of aromatic nitrogens is 1. The molecule has 0 saturated heterocycles. The number of Topliss-reactive ketones (excluding diaryl/α,β-unsaturated/α-hetero) is 1. The highest BCUT2D eigenvalue weighted by molar-refractivity contribution is 5.75. The fourth-order valence-electron chi connectivity index (χ4n) is 1.18. The third-order valence-electron chi connectivity index (χ3n) is 2.12. The van der Waals surface area contributed by atoms with Crippen molar-refractivity contribution in [3.05, 3.63) is 28.2 Å². The summed E-state index contributed by atoms with van der Waals surface area (Å²) in [5.41, 5.74) is 0.111. The molecular formula is C10H13NO3.